The van der Waals surface area contributed by atoms with Crippen molar-refractivity contribution in [2.75, 3.05) is 63.8 Å². The van der Waals surface area contributed by atoms with Gasteiger partial charge in [0.2, 0.25) is 11.8 Å². The quantitative estimate of drug-likeness (QED) is 0.0957. The van der Waals surface area contributed by atoms with Gasteiger partial charge in [-0.25, -0.2) is 9.97 Å². The monoisotopic (exact) mass is 974 g/mol. The van der Waals surface area contributed by atoms with Crippen molar-refractivity contribution in [3.63, 3.8) is 0 Å². The highest BCUT2D eigenvalue weighted by Gasteiger charge is 2.41. The molecule has 374 valence electrons. The van der Waals surface area contributed by atoms with Gasteiger partial charge in [-0.1, -0.05) is 55.1 Å². The van der Waals surface area contributed by atoms with Gasteiger partial charge >= 0.3 is 0 Å². The van der Waals surface area contributed by atoms with Crippen LogP contribution in [0.1, 0.15) is 136 Å². The lowest BCUT2D eigenvalue weighted by molar-refractivity contribution is -0.139. The second kappa shape index (κ2) is 21.8. The van der Waals surface area contributed by atoms with Gasteiger partial charge in [0.1, 0.15) is 23.8 Å². The third kappa shape index (κ3) is 11.4. The van der Waals surface area contributed by atoms with Crippen molar-refractivity contribution in [2.24, 2.45) is 17.6 Å². The number of amides is 3. The van der Waals surface area contributed by atoms with Gasteiger partial charge in [0.25, 0.3) is 5.91 Å². The molecule has 4 aliphatic heterocycles. The van der Waals surface area contributed by atoms with E-state index >= 15 is 0 Å². The predicted octanol–water partition coefficient (Wildman–Crippen LogP) is 7.62. The van der Waals surface area contributed by atoms with E-state index in [1.165, 1.54) is 12.0 Å². The van der Waals surface area contributed by atoms with Crippen molar-refractivity contribution >= 4 is 52.0 Å². The smallest absolute Gasteiger partial charge is 0.251 e. The van der Waals surface area contributed by atoms with Crippen molar-refractivity contribution in [1.82, 2.24) is 35.0 Å². The number of fused-ring (bicyclic) bond motifs is 1. The SMILES string of the molecule is NC1(C(=O)CC[C@@H](CCN2CCC(OC3CCN(C(=O)[C@H](NC(=O)c4cccc(C5CN(C(=O)C6CC6)C5)c4)C4CCCCC4)CC3)CC2)c2ccc(Cl)cc2)CCN(c2ncnc3[nH]ccc23)CC1. The molecule has 10 rings (SSSR count). The number of H-pyrrole nitrogens is 1. The van der Waals surface area contributed by atoms with Gasteiger partial charge in [-0.3, -0.25) is 19.2 Å². The number of piperidine rings is 3. The second-order valence-corrected chi connectivity index (χ2v) is 21.9. The average molecular weight is 975 g/mol. The van der Waals surface area contributed by atoms with Crippen LogP contribution in [0, 0.1) is 11.8 Å². The summed E-state index contributed by atoms with van der Waals surface area (Å²) in [4.78, 5) is 75.3. The number of nitrogens with two attached hydrogens (primary N) is 1. The van der Waals surface area contributed by atoms with E-state index in [-0.39, 0.29) is 59.4 Å². The zero-order chi connectivity index (χ0) is 48.2. The third-order valence-corrected chi connectivity index (χ3v) is 17.0. The average Bonchev–Trinajstić information content (AvgIpc) is 4.12. The number of nitrogens with one attached hydrogen (secondary N) is 2. The summed E-state index contributed by atoms with van der Waals surface area (Å²) in [5.41, 5.74) is 9.71. The number of halogens is 1. The summed E-state index contributed by atoms with van der Waals surface area (Å²) in [7, 11) is 0. The Morgan fingerprint density at radius 1 is 0.814 bits per heavy atom. The van der Waals surface area contributed by atoms with Crippen LogP contribution < -0.4 is 16.0 Å². The molecule has 4 aromatic rings. The number of nitrogens with zero attached hydrogens (tertiary/aromatic N) is 6. The number of rotatable bonds is 17. The Hall–Kier alpha value is -4.89. The van der Waals surface area contributed by atoms with Gasteiger partial charge < -0.3 is 40.4 Å². The maximum Gasteiger partial charge on any atom is 0.251 e. The van der Waals surface area contributed by atoms with Gasteiger partial charge in [-0.15, -0.1) is 0 Å². The number of ketones is 1. The molecule has 6 fully saturated rings. The number of aromatic amines is 1. The second-order valence-electron chi connectivity index (χ2n) is 21.5. The molecule has 2 aliphatic carbocycles. The van der Waals surface area contributed by atoms with Crippen LogP contribution in [-0.4, -0.2) is 136 Å². The molecule has 0 spiro atoms. The minimum Gasteiger partial charge on any atom is -0.375 e. The highest BCUT2D eigenvalue weighted by Crippen LogP contribution is 2.37. The number of hydrogen-bond donors (Lipinski definition) is 3. The Morgan fingerprint density at radius 2 is 1.53 bits per heavy atom. The molecule has 4 saturated heterocycles. The van der Waals surface area contributed by atoms with Crippen molar-refractivity contribution in [3.8, 4) is 0 Å². The highest BCUT2D eigenvalue weighted by atomic mass is 35.5. The normalized spacial score (nSPS) is 21.9. The first-order valence-electron chi connectivity index (χ1n) is 26.5. The maximum atomic E-state index is 14.3. The van der Waals surface area contributed by atoms with E-state index < -0.39 is 11.6 Å². The lowest BCUT2D eigenvalue weighted by Crippen LogP contribution is -2.55. The van der Waals surface area contributed by atoms with Crippen LogP contribution in [0.3, 0.4) is 0 Å². The largest absolute Gasteiger partial charge is 0.375 e. The predicted molar refractivity (Wildman–Crippen MR) is 272 cm³/mol. The van der Waals surface area contributed by atoms with Gasteiger partial charge in [0.05, 0.1) is 23.1 Å². The Labute approximate surface area is 417 Å². The van der Waals surface area contributed by atoms with Crippen LogP contribution >= 0.6 is 11.6 Å². The lowest BCUT2D eigenvalue weighted by Gasteiger charge is -2.40. The van der Waals surface area contributed by atoms with E-state index in [0.29, 0.717) is 69.1 Å². The molecule has 15 heteroatoms. The van der Waals surface area contributed by atoms with Crippen LogP contribution in [-0.2, 0) is 19.1 Å². The van der Waals surface area contributed by atoms with E-state index in [9.17, 15) is 19.2 Å². The molecule has 4 N–H and O–H groups in total. The highest BCUT2D eigenvalue weighted by molar-refractivity contribution is 6.30. The number of ether oxygens (including phenoxy) is 1. The Balaban J connectivity index is 0.671. The Morgan fingerprint density at radius 3 is 2.24 bits per heavy atom. The molecule has 70 heavy (non-hydrogen) atoms. The Kier molecular flexibility index (Phi) is 15.2. The van der Waals surface area contributed by atoms with Crippen molar-refractivity contribution in [2.45, 2.75) is 138 Å². The van der Waals surface area contributed by atoms with Crippen molar-refractivity contribution in [1.29, 1.82) is 0 Å². The third-order valence-electron chi connectivity index (χ3n) is 16.8. The molecule has 0 bridgehead atoms. The number of likely N-dealkylation sites (tertiary alicyclic amines) is 3. The lowest BCUT2D eigenvalue weighted by atomic mass is 9.80. The van der Waals surface area contributed by atoms with Gasteiger partial charge in [-0.2, -0.15) is 0 Å². The molecule has 2 atom stereocenters. The van der Waals surface area contributed by atoms with Crippen LogP contribution in [0.15, 0.2) is 67.1 Å². The van der Waals surface area contributed by atoms with Crippen molar-refractivity contribution < 1.29 is 23.9 Å². The van der Waals surface area contributed by atoms with Crippen LogP contribution in [0.5, 0.6) is 0 Å². The molecule has 3 amide bonds. The van der Waals surface area contributed by atoms with E-state index in [4.69, 9.17) is 22.1 Å². The summed E-state index contributed by atoms with van der Waals surface area (Å²) in [5.74, 6) is 1.96. The number of carbonyl (C=O) groups is 4. The molecular formula is C55H72ClN9O5. The first kappa shape index (κ1) is 48.7. The molecule has 2 saturated carbocycles. The van der Waals surface area contributed by atoms with Crippen molar-refractivity contribution in [3.05, 3.63) is 88.8 Å². The van der Waals surface area contributed by atoms with E-state index in [0.717, 1.165) is 119 Å². The minimum atomic E-state index is -0.846. The first-order chi connectivity index (χ1) is 34.1. The molecule has 0 radical (unpaired) electrons. The van der Waals surface area contributed by atoms with Crippen LogP contribution in [0.2, 0.25) is 5.02 Å². The minimum absolute atomic E-state index is 0.0406. The van der Waals surface area contributed by atoms with Crippen LogP contribution in [0.4, 0.5) is 5.82 Å². The molecular weight excluding hydrogens is 902 g/mol. The zero-order valence-electron chi connectivity index (χ0n) is 40.7. The molecule has 14 nitrogen and oxygen atoms in total. The van der Waals surface area contributed by atoms with Crippen LogP contribution in [0.25, 0.3) is 11.0 Å². The summed E-state index contributed by atoms with van der Waals surface area (Å²) in [5, 5.41) is 4.92. The van der Waals surface area contributed by atoms with Gasteiger partial charge in [-0.05, 0) is 137 Å². The summed E-state index contributed by atoms with van der Waals surface area (Å²) in [6, 6.07) is 17.3. The number of aromatic nitrogens is 3. The molecule has 6 heterocycles. The van der Waals surface area contributed by atoms with Gasteiger partial charge in [0, 0.05) is 87.4 Å². The molecule has 6 aliphatic rings. The fraction of sp³-hybridized carbons (Fsp3) is 0.600. The molecule has 2 aromatic carbocycles. The summed E-state index contributed by atoms with van der Waals surface area (Å²) < 4.78 is 6.74. The molecule has 2 aromatic heterocycles. The zero-order valence-corrected chi connectivity index (χ0v) is 41.5. The maximum absolute atomic E-state index is 14.3. The number of hydrogen-bond acceptors (Lipinski definition) is 10. The summed E-state index contributed by atoms with van der Waals surface area (Å²) in [6.07, 6.45) is 17.8. The summed E-state index contributed by atoms with van der Waals surface area (Å²) in [6.45, 7) is 6.89. The summed E-state index contributed by atoms with van der Waals surface area (Å²) >= 11 is 6.32. The Bertz CT molecular complexity index is 2440. The fourth-order valence-corrected chi connectivity index (χ4v) is 12.2. The molecule has 0 unspecified atom stereocenters. The number of benzene rings is 2. The first-order valence-corrected chi connectivity index (χ1v) is 26.9. The topological polar surface area (TPSA) is 170 Å². The van der Waals surface area contributed by atoms with Gasteiger partial charge in [0.15, 0.2) is 5.78 Å². The number of carbonyl (C=O) groups excluding carboxylic acids is 4. The fourth-order valence-electron chi connectivity index (χ4n) is 12.0. The number of anilines is 1. The van der Waals surface area contributed by atoms with E-state index in [1.54, 1.807) is 6.33 Å². The number of Topliss-reactive ketones (excluding diaryl/α,β-unsaturated/α-hetero) is 1. The van der Waals surface area contributed by atoms with E-state index in [2.05, 4.69) is 48.3 Å². The van der Waals surface area contributed by atoms with E-state index in [1.807, 2.05) is 52.4 Å². The standard InChI is InChI=1S/C55H72ClN9O5/c56-44-14-11-37(12-15-44)38(13-16-48(66)55(57)23-31-63(32-24-55)51-47-17-25-58-50(47)59-36-60-51)18-26-62-27-19-45(20-28-62)70-46-21-29-64(30-22-46)54(69)49(39-5-2-1-3-6-39)61-52(67)42-8-4-7-41(33-42)43-34-65(35-43)53(68)40-9-10-40/h4,7-8,11-12,14-15,17,25,33,36,38-40,43,45-46,49H,1-3,5-6,9-10,13,16,18-24,26-32,34-35,57H2,(H,61,67)(H,58,59,60)/t38-,49+/m0/s1.